The van der Waals surface area contributed by atoms with E-state index in [9.17, 15) is 4.57 Å². The number of halogens is 1. The van der Waals surface area contributed by atoms with E-state index in [2.05, 4.69) is 0 Å². The first-order chi connectivity index (χ1) is 12.6. The highest BCUT2D eigenvalue weighted by atomic mass is 35.5. The summed E-state index contributed by atoms with van der Waals surface area (Å²) in [4.78, 5) is 0. The third kappa shape index (κ3) is 3.55. The van der Waals surface area contributed by atoms with Gasteiger partial charge < -0.3 is 9.05 Å². The lowest BCUT2D eigenvalue weighted by atomic mass is 10.1. The average molecular weight is 383 g/mol. The molecule has 0 bridgehead atoms. The van der Waals surface area contributed by atoms with Crippen LogP contribution in [0, 0.1) is 0 Å². The van der Waals surface area contributed by atoms with Gasteiger partial charge in [-0.1, -0.05) is 60.7 Å². The van der Waals surface area contributed by atoms with E-state index in [1.54, 1.807) is 12.1 Å². The second kappa shape index (κ2) is 7.03. The van der Waals surface area contributed by atoms with Gasteiger partial charge >= 0.3 is 7.60 Å². The zero-order valence-corrected chi connectivity index (χ0v) is 15.5. The summed E-state index contributed by atoms with van der Waals surface area (Å²) in [6.07, 6.45) is 0. The molecule has 0 aliphatic carbocycles. The van der Waals surface area contributed by atoms with E-state index in [0.717, 1.165) is 21.5 Å². The molecule has 0 radical (unpaired) electrons. The molecule has 4 aromatic rings. The summed E-state index contributed by atoms with van der Waals surface area (Å²) in [7, 11) is -3.53. The Morgan fingerprint density at radius 3 is 1.50 bits per heavy atom. The van der Waals surface area contributed by atoms with Crippen LogP contribution in [0.5, 0.6) is 11.5 Å². The van der Waals surface area contributed by atoms with Gasteiger partial charge in [-0.15, -0.1) is 11.6 Å². The van der Waals surface area contributed by atoms with E-state index < -0.39 is 7.60 Å². The Bertz CT molecular complexity index is 1040. The Morgan fingerprint density at radius 2 is 1.08 bits per heavy atom. The topological polar surface area (TPSA) is 35.5 Å². The van der Waals surface area contributed by atoms with Gasteiger partial charge in [-0.25, -0.2) is 4.57 Å². The molecule has 0 saturated carbocycles. The monoisotopic (exact) mass is 382 g/mol. The van der Waals surface area contributed by atoms with Crippen molar-refractivity contribution in [1.29, 1.82) is 0 Å². The van der Waals surface area contributed by atoms with Gasteiger partial charge in [-0.2, -0.15) is 0 Å². The van der Waals surface area contributed by atoms with Crippen LogP contribution in [-0.4, -0.2) is 5.62 Å². The van der Waals surface area contributed by atoms with Crippen molar-refractivity contribution in [2.24, 2.45) is 0 Å². The SMILES string of the molecule is O=P(CCl)(Oc1ccc2ccccc2c1)Oc1ccc2ccccc2c1. The van der Waals surface area contributed by atoms with Crippen LogP contribution in [0.3, 0.4) is 0 Å². The van der Waals surface area contributed by atoms with Gasteiger partial charge in [-0.3, -0.25) is 0 Å². The van der Waals surface area contributed by atoms with Gasteiger partial charge in [0.15, 0.2) is 0 Å². The smallest absolute Gasteiger partial charge is 0.415 e. The number of rotatable bonds is 5. The summed E-state index contributed by atoms with van der Waals surface area (Å²) in [6, 6.07) is 26.8. The highest BCUT2D eigenvalue weighted by Gasteiger charge is 2.27. The molecule has 0 fully saturated rings. The minimum absolute atomic E-state index is 0.243. The van der Waals surface area contributed by atoms with E-state index in [1.165, 1.54) is 0 Å². The number of hydrogen-bond donors (Lipinski definition) is 0. The van der Waals surface area contributed by atoms with Crippen LogP contribution in [0.1, 0.15) is 0 Å². The molecule has 0 N–H and O–H groups in total. The molecule has 4 rings (SSSR count). The summed E-state index contributed by atoms with van der Waals surface area (Å²) < 4.78 is 24.4. The molecule has 0 aliphatic rings. The van der Waals surface area contributed by atoms with Crippen LogP contribution in [0.15, 0.2) is 84.9 Å². The summed E-state index contributed by atoms with van der Waals surface area (Å²) in [5, 5.41) is 4.15. The normalized spacial score (nSPS) is 11.6. The second-order valence-electron chi connectivity index (χ2n) is 5.93. The quantitative estimate of drug-likeness (QED) is 0.280. The van der Waals surface area contributed by atoms with Crippen LogP contribution in [0.2, 0.25) is 0 Å². The molecule has 0 saturated heterocycles. The lowest BCUT2D eigenvalue weighted by Crippen LogP contribution is -2.02. The van der Waals surface area contributed by atoms with E-state index in [-0.39, 0.29) is 5.62 Å². The molecule has 26 heavy (non-hydrogen) atoms. The van der Waals surface area contributed by atoms with Crippen molar-refractivity contribution in [2.75, 3.05) is 5.62 Å². The van der Waals surface area contributed by atoms with Gasteiger partial charge in [0.2, 0.25) is 0 Å². The summed E-state index contributed by atoms with van der Waals surface area (Å²) in [6.45, 7) is 0. The molecule has 0 spiro atoms. The second-order valence-corrected chi connectivity index (χ2v) is 8.47. The van der Waals surface area contributed by atoms with Crippen LogP contribution >= 0.6 is 19.2 Å². The molecule has 0 heterocycles. The maximum Gasteiger partial charge on any atom is 0.445 e. The first-order valence-corrected chi connectivity index (χ1v) is 10.4. The maximum atomic E-state index is 13.0. The third-order valence-corrected chi connectivity index (χ3v) is 6.23. The molecule has 130 valence electrons. The van der Waals surface area contributed by atoms with Gasteiger partial charge in [-0.05, 0) is 45.8 Å². The first kappa shape index (κ1) is 17.0. The predicted octanol–water partition coefficient (Wildman–Crippen LogP) is 6.84. The van der Waals surface area contributed by atoms with Gasteiger partial charge in [0.05, 0.1) is 0 Å². The van der Waals surface area contributed by atoms with Gasteiger partial charge in [0, 0.05) is 0 Å². The Hall–Kier alpha value is -2.48. The molecule has 5 heteroatoms. The van der Waals surface area contributed by atoms with E-state index in [1.807, 2.05) is 72.8 Å². The number of hydrogen-bond acceptors (Lipinski definition) is 3. The van der Waals surface area contributed by atoms with Crippen molar-refractivity contribution in [3.05, 3.63) is 84.9 Å². The third-order valence-electron chi connectivity index (χ3n) is 4.08. The highest BCUT2D eigenvalue weighted by Crippen LogP contribution is 2.49. The molecule has 0 aliphatic heterocycles. The lowest BCUT2D eigenvalue weighted by Gasteiger charge is -2.18. The molecular weight excluding hydrogens is 367 g/mol. The van der Waals surface area contributed by atoms with Gasteiger partial charge in [0.1, 0.15) is 17.1 Å². The van der Waals surface area contributed by atoms with E-state index >= 15 is 0 Å². The zero-order valence-electron chi connectivity index (χ0n) is 13.8. The Labute approximate surface area is 156 Å². The van der Waals surface area contributed by atoms with Crippen molar-refractivity contribution in [3.63, 3.8) is 0 Å². The Kier molecular flexibility index (Phi) is 4.58. The van der Waals surface area contributed by atoms with E-state index in [4.69, 9.17) is 20.6 Å². The minimum Gasteiger partial charge on any atom is -0.415 e. The standard InChI is InChI=1S/C21H16ClO3P/c22-15-26(23,24-20-11-9-16-5-1-3-7-18(16)13-20)25-21-12-10-17-6-2-4-8-19(17)14-21/h1-14H,15H2. The summed E-state index contributed by atoms with van der Waals surface area (Å²) in [5.41, 5.74) is -0.243. The van der Waals surface area contributed by atoms with Crippen LogP contribution < -0.4 is 9.05 Å². The Morgan fingerprint density at radius 1 is 0.654 bits per heavy atom. The molecule has 0 unspecified atom stereocenters. The van der Waals surface area contributed by atoms with Gasteiger partial charge in [0.25, 0.3) is 0 Å². The zero-order chi connectivity index (χ0) is 18.0. The van der Waals surface area contributed by atoms with Crippen molar-refractivity contribution in [3.8, 4) is 11.5 Å². The summed E-state index contributed by atoms with van der Waals surface area (Å²) >= 11 is 5.93. The maximum absolute atomic E-state index is 13.0. The highest BCUT2D eigenvalue weighted by molar-refractivity contribution is 7.56. The molecule has 0 amide bonds. The molecule has 0 atom stereocenters. The molecule has 4 aromatic carbocycles. The predicted molar refractivity (Wildman–Crippen MR) is 107 cm³/mol. The first-order valence-electron chi connectivity index (χ1n) is 8.17. The lowest BCUT2D eigenvalue weighted by molar-refractivity contribution is 0.392. The minimum atomic E-state index is -3.53. The fourth-order valence-corrected chi connectivity index (χ4v) is 4.13. The summed E-state index contributed by atoms with van der Waals surface area (Å²) in [5.74, 6) is 0.932. The number of alkyl halides is 1. The van der Waals surface area contributed by atoms with Crippen LogP contribution in [0.25, 0.3) is 21.5 Å². The van der Waals surface area contributed by atoms with E-state index in [0.29, 0.717) is 11.5 Å². The van der Waals surface area contributed by atoms with Crippen molar-refractivity contribution < 1.29 is 13.6 Å². The largest absolute Gasteiger partial charge is 0.445 e. The molecular formula is C21H16ClO3P. The number of fused-ring (bicyclic) bond motifs is 2. The average Bonchev–Trinajstić information content (AvgIpc) is 2.68. The van der Waals surface area contributed by atoms with Crippen LogP contribution in [0.4, 0.5) is 0 Å². The van der Waals surface area contributed by atoms with Crippen LogP contribution in [-0.2, 0) is 4.57 Å². The Balaban J connectivity index is 1.61. The molecule has 3 nitrogen and oxygen atoms in total. The number of benzene rings is 4. The fourth-order valence-electron chi connectivity index (χ4n) is 2.84. The van der Waals surface area contributed by atoms with Crippen molar-refractivity contribution >= 4 is 40.7 Å². The fraction of sp³-hybridized carbons (Fsp3) is 0.0476. The van der Waals surface area contributed by atoms with Crippen molar-refractivity contribution in [2.45, 2.75) is 0 Å². The molecule has 0 aromatic heterocycles. The van der Waals surface area contributed by atoms with Crippen molar-refractivity contribution in [1.82, 2.24) is 0 Å².